The molecule has 0 unspecified atom stereocenters. The molecule has 0 spiro atoms. The fourth-order valence-electron chi connectivity index (χ4n) is 9.48. The van der Waals surface area contributed by atoms with E-state index in [1.807, 2.05) is 60.7 Å². The van der Waals surface area contributed by atoms with E-state index >= 15 is 0 Å². The molecule has 0 saturated heterocycles. The summed E-state index contributed by atoms with van der Waals surface area (Å²) in [6, 6.07) is 57.4. The first kappa shape index (κ1) is 29.7. The average Bonchev–Trinajstić information content (AvgIpc) is 3.93. The van der Waals surface area contributed by atoms with Gasteiger partial charge in [0.1, 0.15) is 11.2 Å². The van der Waals surface area contributed by atoms with Gasteiger partial charge < -0.3 is 8.98 Å². The van der Waals surface area contributed by atoms with Crippen LogP contribution in [0.1, 0.15) is 6.85 Å². The SMILES string of the molecule is [2H]c1c([2H])c([2H])c(-c2cccc3oc4c(-c5nc(-c6ccccc6)nc(-c6cccc7c8ccccc8c8ccccc8c67)n5)cc(-n5c6ccccc6c6ccccc65)cc4c23)c([2H])c1[2H]. The number of benzene rings is 10. The molecule has 0 radical (unpaired) electrons. The number of fused-ring (bicyclic) bond motifs is 12. The lowest BCUT2D eigenvalue weighted by molar-refractivity contribution is 0.669. The lowest BCUT2D eigenvalue weighted by Gasteiger charge is -2.15. The first-order chi connectivity index (χ1) is 32.8. The first-order valence-electron chi connectivity index (χ1n) is 23.0. The first-order valence-corrected chi connectivity index (χ1v) is 20.5. The van der Waals surface area contributed by atoms with E-state index in [2.05, 4.69) is 108 Å². The standard InChI is InChI=1S/C57H34N4O/c1-3-17-35(18-4-1)38-27-16-32-51-53(38)47-33-37(61-49-30-13-11-24-42(49)43-25-12-14-31-50(43)61)34-48(54(47)62-51)57-59-55(36-19-5-2-6-20-36)58-56(60-57)46-29-15-28-45-41-22-8-7-21-39(41)40-23-9-10-26-44(40)52(45)46/h1-34H/i1D,3D,4D,17D,18D. The molecule has 3 heterocycles. The number of rotatable bonds is 5. The summed E-state index contributed by atoms with van der Waals surface area (Å²) in [4.78, 5) is 16.0. The molecule has 0 aliphatic rings. The van der Waals surface area contributed by atoms with E-state index in [4.69, 9.17) is 26.2 Å². The summed E-state index contributed by atoms with van der Waals surface area (Å²) < 4.78 is 52.8. The smallest absolute Gasteiger partial charge is 0.167 e. The van der Waals surface area contributed by atoms with Crippen LogP contribution < -0.4 is 0 Å². The van der Waals surface area contributed by atoms with Crippen LogP contribution in [0, 0.1) is 0 Å². The highest BCUT2D eigenvalue weighted by molar-refractivity contribution is 6.28. The van der Waals surface area contributed by atoms with Crippen molar-refractivity contribution >= 4 is 76.1 Å². The van der Waals surface area contributed by atoms with Gasteiger partial charge in [-0.2, -0.15) is 0 Å². The summed E-state index contributed by atoms with van der Waals surface area (Å²) in [5.41, 5.74) is 6.53. The van der Waals surface area contributed by atoms with E-state index in [9.17, 15) is 0 Å². The Balaban J connectivity index is 1.17. The number of hydrogen-bond donors (Lipinski definition) is 0. The van der Waals surface area contributed by atoms with Crippen molar-refractivity contribution in [3.63, 3.8) is 0 Å². The molecular weight excluding hydrogens is 757 g/mol. The highest BCUT2D eigenvalue weighted by Gasteiger charge is 2.24. The molecule has 3 aromatic heterocycles. The summed E-state index contributed by atoms with van der Waals surface area (Å²) in [5, 5.41) is 10.1. The van der Waals surface area contributed by atoms with E-state index in [-0.39, 0.29) is 17.6 Å². The zero-order valence-electron chi connectivity index (χ0n) is 37.9. The van der Waals surface area contributed by atoms with Crippen molar-refractivity contribution in [2.45, 2.75) is 0 Å². The third-order valence-electron chi connectivity index (χ3n) is 12.1. The molecule has 0 amide bonds. The van der Waals surface area contributed by atoms with Crippen LogP contribution >= 0.6 is 0 Å². The van der Waals surface area contributed by atoms with Crippen LogP contribution in [0.2, 0.25) is 0 Å². The van der Waals surface area contributed by atoms with Crippen molar-refractivity contribution in [2.75, 3.05) is 0 Å². The molecular formula is C57H34N4O. The van der Waals surface area contributed by atoms with Gasteiger partial charge in [-0.3, -0.25) is 0 Å². The van der Waals surface area contributed by atoms with Crippen molar-refractivity contribution in [1.29, 1.82) is 0 Å². The lowest BCUT2D eigenvalue weighted by Crippen LogP contribution is -2.02. The van der Waals surface area contributed by atoms with Gasteiger partial charge >= 0.3 is 0 Å². The predicted octanol–water partition coefficient (Wildman–Crippen LogP) is 15.0. The summed E-state index contributed by atoms with van der Waals surface area (Å²) in [7, 11) is 0. The van der Waals surface area contributed by atoms with Crippen LogP contribution in [0.4, 0.5) is 0 Å². The third-order valence-corrected chi connectivity index (χ3v) is 12.1. The molecule has 13 rings (SSSR count). The number of furan rings is 1. The Labute approximate surface area is 362 Å². The van der Waals surface area contributed by atoms with Crippen LogP contribution in [0.5, 0.6) is 0 Å². The maximum absolute atomic E-state index is 9.05. The number of aromatic nitrogens is 4. The minimum atomic E-state index is -0.453. The van der Waals surface area contributed by atoms with E-state index in [1.165, 1.54) is 5.39 Å². The van der Waals surface area contributed by atoms with Gasteiger partial charge in [0.2, 0.25) is 0 Å². The van der Waals surface area contributed by atoms with Gasteiger partial charge in [-0.1, -0.05) is 176 Å². The Bertz CT molecular complexity index is 4110. The Morgan fingerprint density at radius 3 is 1.61 bits per heavy atom. The molecule has 0 saturated carbocycles. The van der Waals surface area contributed by atoms with Crippen molar-refractivity contribution < 1.29 is 11.3 Å². The van der Waals surface area contributed by atoms with Crippen molar-refractivity contribution in [3.8, 4) is 51.0 Å². The summed E-state index contributed by atoms with van der Waals surface area (Å²) >= 11 is 0. The quantitative estimate of drug-likeness (QED) is 0.163. The van der Waals surface area contributed by atoms with Gasteiger partial charge in [0.05, 0.1) is 23.5 Å². The molecule has 5 heteroatoms. The summed E-state index contributed by atoms with van der Waals surface area (Å²) in [6.07, 6.45) is 0. The highest BCUT2D eigenvalue weighted by Crippen LogP contribution is 2.44. The topological polar surface area (TPSA) is 56.7 Å². The third kappa shape index (κ3) is 5.18. The molecule has 5 nitrogen and oxygen atoms in total. The molecule has 0 aliphatic carbocycles. The number of hydrogen-bond acceptors (Lipinski definition) is 4. The maximum Gasteiger partial charge on any atom is 0.167 e. The molecule has 0 N–H and O–H groups in total. The fourth-order valence-corrected chi connectivity index (χ4v) is 9.48. The van der Waals surface area contributed by atoms with E-state index < -0.39 is 18.1 Å². The van der Waals surface area contributed by atoms with Gasteiger partial charge in [-0.25, -0.2) is 15.0 Å². The molecule has 0 fully saturated rings. The Kier molecular flexibility index (Phi) is 6.51. The Morgan fingerprint density at radius 2 is 0.919 bits per heavy atom. The number of para-hydroxylation sites is 2. The molecule has 0 aliphatic heterocycles. The van der Waals surface area contributed by atoms with Crippen LogP contribution in [0.15, 0.2) is 211 Å². The largest absolute Gasteiger partial charge is 0.455 e. The van der Waals surface area contributed by atoms with Gasteiger partial charge in [-0.05, 0) is 68.4 Å². The second kappa shape index (κ2) is 13.6. The monoisotopic (exact) mass is 795 g/mol. The number of nitrogens with zero attached hydrogens (tertiary/aromatic N) is 4. The highest BCUT2D eigenvalue weighted by atomic mass is 16.3. The van der Waals surface area contributed by atoms with E-state index in [1.54, 1.807) is 12.1 Å². The van der Waals surface area contributed by atoms with E-state index in [0.717, 1.165) is 65.6 Å². The van der Waals surface area contributed by atoms with Crippen molar-refractivity contribution in [3.05, 3.63) is 206 Å². The minimum absolute atomic E-state index is 0.0904. The molecule has 288 valence electrons. The van der Waals surface area contributed by atoms with Crippen LogP contribution in [-0.4, -0.2) is 19.5 Å². The summed E-state index contributed by atoms with van der Waals surface area (Å²) in [5.74, 6) is 1.34. The van der Waals surface area contributed by atoms with Gasteiger partial charge in [0, 0.05) is 43.7 Å². The normalized spacial score (nSPS) is 13.0. The fraction of sp³-hybridized carbons (Fsp3) is 0. The van der Waals surface area contributed by atoms with Crippen LogP contribution in [-0.2, 0) is 0 Å². The molecule has 13 aromatic rings. The Hall–Kier alpha value is -8.41. The molecule has 0 bridgehead atoms. The van der Waals surface area contributed by atoms with Crippen molar-refractivity contribution in [2.24, 2.45) is 0 Å². The van der Waals surface area contributed by atoms with Gasteiger partial charge in [0.15, 0.2) is 17.5 Å². The minimum Gasteiger partial charge on any atom is -0.455 e. The van der Waals surface area contributed by atoms with Gasteiger partial charge in [0.25, 0.3) is 0 Å². The molecule has 62 heavy (non-hydrogen) atoms. The average molecular weight is 796 g/mol. The maximum atomic E-state index is 9.05. The van der Waals surface area contributed by atoms with E-state index in [0.29, 0.717) is 50.5 Å². The zero-order chi connectivity index (χ0) is 45.1. The lowest BCUT2D eigenvalue weighted by atomic mass is 9.91. The zero-order valence-corrected chi connectivity index (χ0v) is 32.9. The predicted molar refractivity (Wildman–Crippen MR) is 256 cm³/mol. The van der Waals surface area contributed by atoms with Crippen molar-refractivity contribution in [1.82, 2.24) is 19.5 Å². The van der Waals surface area contributed by atoms with Gasteiger partial charge in [-0.15, -0.1) is 0 Å². The van der Waals surface area contributed by atoms with Crippen LogP contribution in [0.25, 0.3) is 127 Å². The Morgan fingerprint density at radius 1 is 0.387 bits per heavy atom. The second-order valence-corrected chi connectivity index (χ2v) is 15.5. The van der Waals surface area contributed by atoms with Crippen LogP contribution in [0.3, 0.4) is 0 Å². The molecule has 10 aromatic carbocycles. The second-order valence-electron chi connectivity index (χ2n) is 15.5. The summed E-state index contributed by atoms with van der Waals surface area (Å²) in [6.45, 7) is 0. The molecule has 0 atom stereocenters.